The van der Waals surface area contributed by atoms with Crippen molar-refractivity contribution in [3.05, 3.63) is 41.5 Å². The van der Waals surface area contributed by atoms with Crippen LogP contribution in [0.2, 0.25) is 0 Å². The quantitative estimate of drug-likeness (QED) is 0.898. The van der Waals surface area contributed by atoms with Crippen molar-refractivity contribution in [3.63, 3.8) is 0 Å². The third-order valence-electron chi connectivity index (χ3n) is 3.49. The van der Waals surface area contributed by atoms with Crippen LogP contribution in [0.3, 0.4) is 0 Å². The highest BCUT2D eigenvalue weighted by atomic mass is 16.2. The number of rotatable bonds is 4. The van der Waals surface area contributed by atoms with Gasteiger partial charge in [0, 0.05) is 19.6 Å². The normalized spacial score (nSPS) is 21.3. The summed E-state index contributed by atoms with van der Waals surface area (Å²) in [5.41, 5.74) is 2.51. The Morgan fingerprint density at radius 1 is 1.42 bits per heavy atom. The molecule has 0 aromatic heterocycles. The largest absolute Gasteiger partial charge is 0.353 e. The van der Waals surface area contributed by atoms with Crippen LogP contribution < -0.4 is 5.32 Å². The molecule has 1 aromatic carbocycles. The lowest BCUT2D eigenvalue weighted by Crippen LogP contribution is -2.55. The highest BCUT2D eigenvalue weighted by molar-refractivity contribution is 5.82. The minimum atomic E-state index is 0.0212. The maximum Gasteiger partial charge on any atom is 0.237 e. The molecule has 1 fully saturated rings. The topological polar surface area (TPSA) is 32.3 Å². The molecule has 0 saturated carbocycles. The monoisotopic (exact) mass is 258 g/mol. The van der Waals surface area contributed by atoms with Gasteiger partial charge >= 0.3 is 0 Å². The number of nitrogens with one attached hydrogen (secondary N) is 1. The Kier molecular flexibility index (Phi) is 4.74. The predicted molar refractivity (Wildman–Crippen MR) is 78.8 cm³/mol. The third-order valence-corrected chi connectivity index (χ3v) is 3.49. The summed E-state index contributed by atoms with van der Waals surface area (Å²) < 4.78 is 0. The Balaban J connectivity index is 2.03. The molecule has 0 aliphatic carbocycles. The lowest BCUT2D eigenvalue weighted by Gasteiger charge is -2.34. The summed E-state index contributed by atoms with van der Waals surface area (Å²) in [7, 11) is 0. The van der Waals surface area contributed by atoms with Gasteiger partial charge in [-0.3, -0.25) is 9.69 Å². The number of nitrogens with zero attached hydrogens (tertiary/aromatic N) is 1. The molecule has 1 heterocycles. The van der Waals surface area contributed by atoms with Gasteiger partial charge in [-0.05, 0) is 18.9 Å². The van der Waals surface area contributed by atoms with Crippen LogP contribution in [0.25, 0.3) is 6.08 Å². The highest BCUT2D eigenvalue weighted by Gasteiger charge is 2.27. The minimum absolute atomic E-state index is 0.0212. The summed E-state index contributed by atoms with van der Waals surface area (Å²) >= 11 is 0. The van der Waals surface area contributed by atoms with E-state index in [1.165, 1.54) is 11.1 Å². The van der Waals surface area contributed by atoms with E-state index in [2.05, 4.69) is 42.3 Å². The van der Waals surface area contributed by atoms with E-state index >= 15 is 0 Å². The predicted octanol–water partition coefficient (Wildman–Crippen LogP) is 2.30. The maximum absolute atomic E-state index is 11.8. The second-order valence-electron chi connectivity index (χ2n) is 5.09. The molecule has 3 heteroatoms. The molecule has 1 aliphatic rings. The van der Waals surface area contributed by atoms with E-state index in [4.69, 9.17) is 0 Å². The smallest absolute Gasteiger partial charge is 0.237 e. The van der Waals surface area contributed by atoms with Crippen LogP contribution in [0.1, 0.15) is 25.8 Å². The number of carbonyl (C=O) groups excluding carboxylic acids is 1. The summed E-state index contributed by atoms with van der Waals surface area (Å²) in [6.45, 7) is 6.75. The van der Waals surface area contributed by atoms with Crippen molar-refractivity contribution >= 4 is 12.0 Å². The lowest BCUT2D eigenvalue weighted by atomic mass is 10.1. The molecule has 1 aromatic rings. The van der Waals surface area contributed by atoms with Gasteiger partial charge in [0.15, 0.2) is 0 Å². The van der Waals surface area contributed by atoms with E-state index in [0.717, 1.165) is 26.1 Å². The van der Waals surface area contributed by atoms with Crippen molar-refractivity contribution < 1.29 is 4.79 Å². The zero-order valence-corrected chi connectivity index (χ0v) is 11.7. The van der Waals surface area contributed by atoms with E-state index in [9.17, 15) is 4.79 Å². The van der Waals surface area contributed by atoms with Crippen LogP contribution in [0, 0.1) is 0 Å². The Morgan fingerprint density at radius 3 is 2.84 bits per heavy atom. The number of carbonyl (C=O) groups is 1. The van der Waals surface area contributed by atoms with Crippen molar-refractivity contribution in [2.75, 3.05) is 19.6 Å². The van der Waals surface area contributed by atoms with E-state index in [0.29, 0.717) is 0 Å². The molecule has 0 radical (unpaired) electrons. The maximum atomic E-state index is 11.8. The van der Waals surface area contributed by atoms with Gasteiger partial charge in [0.1, 0.15) is 0 Å². The molecule has 1 amide bonds. The van der Waals surface area contributed by atoms with Crippen LogP contribution in [-0.2, 0) is 4.79 Å². The van der Waals surface area contributed by atoms with Crippen LogP contribution in [0.4, 0.5) is 0 Å². The summed E-state index contributed by atoms with van der Waals surface area (Å²) in [6, 6.07) is 10.3. The molecule has 0 spiro atoms. The molecule has 3 nitrogen and oxygen atoms in total. The molecule has 102 valence electrons. The zero-order valence-electron chi connectivity index (χ0n) is 11.7. The molecule has 1 aliphatic heterocycles. The van der Waals surface area contributed by atoms with Crippen LogP contribution in [0.5, 0.6) is 0 Å². The fraction of sp³-hybridized carbons (Fsp3) is 0.438. The van der Waals surface area contributed by atoms with E-state index in [1.54, 1.807) is 0 Å². The summed E-state index contributed by atoms with van der Waals surface area (Å²) in [5, 5.41) is 2.94. The second kappa shape index (κ2) is 6.53. The lowest BCUT2D eigenvalue weighted by molar-refractivity contribution is -0.128. The highest BCUT2D eigenvalue weighted by Crippen LogP contribution is 2.13. The Labute approximate surface area is 115 Å². The molecule has 19 heavy (non-hydrogen) atoms. The number of hydrogen-bond acceptors (Lipinski definition) is 2. The van der Waals surface area contributed by atoms with Gasteiger partial charge in [-0.2, -0.15) is 0 Å². The van der Waals surface area contributed by atoms with Crippen molar-refractivity contribution in [1.29, 1.82) is 0 Å². The van der Waals surface area contributed by atoms with Crippen molar-refractivity contribution in [2.45, 2.75) is 26.3 Å². The Morgan fingerprint density at radius 2 is 2.16 bits per heavy atom. The van der Waals surface area contributed by atoms with Gasteiger partial charge in [0.2, 0.25) is 5.91 Å². The number of benzene rings is 1. The molecule has 0 bridgehead atoms. The number of piperazine rings is 1. The van der Waals surface area contributed by atoms with E-state index < -0.39 is 0 Å². The first-order valence-corrected chi connectivity index (χ1v) is 6.94. The first-order chi connectivity index (χ1) is 9.20. The van der Waals surface area contributed by atoms with Crippen LogP contribution in [0.15, 0.2) is 35.9 Å². The van der Waals surface area contributed by atoms with Crippen molar-refractivity contribution in [1.82, 2.24) is 10.2 Å². The molecule has 1 N–H and O–H groups in total. The van der Waals surface area contributed by atoms with Crippen LogP contribution in [-0.4, -0.2) is 36.5 Å². The van der Waals surface area contributed by atoms with Crippen LogP contribution >= 0.6 is 0 Å². The van der Waals surface area contributed by atoms with Gasteiger partial charge in [-0.25, -0.2) is 0 Å². The van der Waals surface area contributed by atoms with Gasteiger partial charge in [-0.15, -0.1) is 0 Å². The zero-order chi connectivity index (χ0) is 13.7. The average molecular weight is 258 g/mol. The first kappa shape index (κ1) is 13.8. The average Bonchev–Trinajstić information content (AvgIpc) is 2.40. The van der Waals surface area contributed by atoms with Crippen molar-refractivity contribution in [3.8, 4) is 0 Å². The molecule has 2 rings (SSSR count). The fourth-order valence-corrected chi connectivity index (χ4v) is 2.59. The fourth-order valence-electron chi connectivity index (χ4n) is 2.59. The Bertz CT molecular complexity index is 453. The number of amides is 1. The second-order valence-corrected chi connectivity index (χ2v) is 5.09. The molecular weight excluding hydrogens is 236 g/mol. The van der Waals surface area contributed by atoms with E-state index in [-0.39, 0.29) is 11.9 Å². The summed E-state index contributed by atoms with van der Waals surface area (Å²) in [4.78, 5) is 14.1. The molecular formula is C16H22N2O. The van der Waals surface area contributed by atoms with E-state index in [1.807, 2.05) is 18.2 Å². The van der Waals surface area contributed by atoms with Gasteiger partial charge < -0.3 is 5.32 Å². The SMILES string of the molecule is CCC1C(=O)NCCN1CC(C)=Cc1ccccc1. The molecule has 1 unspecified atom stereocenters. The van der Waals surface area contributed by atoms with Gasteiger partial charge in [0.25, 0.3) is 0 Å². The summed E-state index contributed by atoms with van der Waals surface area (Å²) in [5.74, 6) is 0.168. The Hall–Kier alpha value is -1.61. The molecule has 1 saturated heterocycles. The number of hydrogen-bond donors (Lipinski definition) is 1. The van der Waals surface area contributed by atoms with Crippen molar-refractivity contribution in [2.24, 2.45) is 0 Å². The van der Waals surface area contributed by atoms with Gasteiger partial charge in [-0.1, -0.05) is 48.9 Å². The molecule has 1 atom stereocenters. The van der Waals surface area contributed by atoms with Gasteiger partial charge in [0.05, 0.1) is 6.04 Å². The standard InChI is InChI=1S/C16H22N2O/c1-3-15-16(19)17-9-10-18(15)12-13(2)11-14-7-5-4-6-8-14/h4-8,11,15H,3,9-10,12H2,1-2H3,(H,17,19). The third kappa shape index (κ3) is 3.67. The summed E-state index contributed by atoms with van der Waals surface area (Å²) in [6.07, 6.45) is 3.06. The first-order valence-electron chi connectivity index (χ1n) is 6.94. The minimum Gasteiger partial charge on any atom is -0.353 e.